The lowest BCUT2D eigenvalue weighted by molar-refractivity contribution is -0.944. The van der Waals surface area contributed by atoms with E-state index in [4.69, 9.17) is 4.74 Å². The number of ketones is 1. The van der Waals surface area contributed by atoms with E-state index in [1.807, 2.05) is 6.08 Å². The molecule has 2 aliphatic carbocycles. The largest absolute Gasteiger partial charge is 0.508 e. The van der Waals surface area contributed by atoms with Crippen molar-refractivity contribution in [2.45, 2.75) is 48.8 Å². The summed E-state index contributed by atoms with van der Waals surface area (Å²) >= 11 is 0. The standard InChI is InChI=1S/C20H23NO4/c1-3-9-21(2)10-8-19-17-12-11-16(21)20(19,24)7-6-14(23)18(19)25-15(17)5-4-13(12)22/h3-5,16,18,24H,1,6-11H2,2H3/p+1/t16?,18?,19-,20?,21+/m0/s1. The quantitative estimate of drug-likeness (QED) is 0.631. The molecule has 1 saturated heterocycles. The van der Waals surface area contributed by atoms with Gasteiger partial charge >= 0.3 is 0 Å². The Kier molecular flexibility index (Phi) is 2.75. The average molecular weight is 342 g/mol. The second-order valence-electron chi connectivity index (χ2n) is 8.44. The van der Waals surface area contributed by atoms with E-state index >= 15 is 0 Å². The number of hydrogen-bond donors (Lipinski definition) is 2. The van der Waals surface area contributed by atoms with Gasteiger partial charge in [-0.05, 0) is 24.6 Å². The highest BCUT2D eigenvalue weighted by Crippen LogP contribution is 2.65. The summed E-state index contributed by atoms with van der Waals surface area (Å²) in [6.45, 7) is 5.53. The number of Topliss-reactive ketones (excluding diaryl/α,β-unsaturated/α-hetero) is 1. The van der Waals surface area contributed by atoms with E-state index in [0.29, 0.717) is 35.9 Å². The molecule has 0 amide bonds. The van der Waals surface area contributed by atoms with Gasteiger partial charge in [-0.3, -0.25) is 4.79 Å². The van der Waals surface area contributed by atoms with Crippen LogP contribution >= 0.6 is 0 Å². The molecule has 1 aromatic rings. The molecule has 2 aliphatic heterocycles. The number of phenols is 1. The normalized spacial score (nSPS) is 43.4. The third-order valence-electron chi connectivity index (χ3n) is 7.47. The van der Waals surface area contributed by atoms with Crippen LogP contribution in [0.3, 0.4) is 0 Å². The van der Waals surface area contributed by atoms with Crippen molar-refractivity contribution in [3.63, 3.8) is 0 Å². The number of hydrogen-bond acceptors (Lipinski definition) is 4. The van der Waals surface area contributed by atoms with Gasteiger partial charge in [0.15, 0.2) is 11.9 Å². The van der Waals surface area contributed by atoms with Crippen LogP contribution in [0.25, 0.3) is 0 Å². The molecule has 1 aromatic carbocycles. The van der Waals surface area contributed by atoms with Gasteiger partial charge in [0.25, 0.3) is 0 Å². The number of quaternary nitrogens is 1. The number of rotatable bonds is 2. The Morgan fingerprint density at radius 3 is 3.00 bits per heavy atom. The van der Waals surface area contributed by atoms with Crippen molar-refractivity contribution in [1.29, 1.82) is 0 Å². The minimum atomic E-state index is -0.992. The first-order chi connectivity index (χ1) is 11.9. The van der Waals surface area contributed by atoms with Gasteiger partial charge in [0.05, 0.1) is 25.6 Å². The fourth-order valence-corrected chi connectivity index (χ4v) is 6.36. The van der Waals surface area contributed by atoms with Gasteiger partial charge in [0, 0.05) is 30.4 Å². The lowest BCUT2D eigenvalue weighted by Crippen LogP contribution is -2.80. The van der Waals surface area contributed by atoms with Gasteiger partial charge in [-0.1, -0.05) is 6.58 Å². The number of carbonyl (C=O) groups excluding carboxylic acids is 1. The molecular formula is C20H24NO4+. The van der Waals surface area contributed by atoms with Crippen LogP contribution < -0.4 is 4.74 Å². The highest BCUT2D eigenvalue weighted by atomic mass is 16.5. The second kappa shape index (κ2) is 4.46. The summed E-state index contributed by atoms with van der Waals surface area (Å²) in [7, 11) is 2.16. The molecule has 2 bridgehead atoms. The van der Waals surface area contributed by atoms with E-state index in [1.54, 1.807) is 12.1 Å². The number of phenolic OH excluding ortho intramolecular Hbond substituents is 1. The Hall–Kier alpha value is -1.85. The summed E-state index contributed by atoms with van der Waals surface area (Å²) in [5.41, 5.74) is 0.0490. The summed E-state index contributed by atoms with van der Waals surface area (Å²) in [5, 5.41) is 22.6. The lowest BCUT2D eigenvalue weighted by atomic mass is 9.48. The zero-order chi connectivity index (χ0) is 17.6. The predicted octanol–water partition coefficient (Wildman–Crippen LogP) is 1.45. The van der Waals surface area contributed by atoms with Gasteiger partial charge < -0.3 is 19.4 Å². The zero-order valence-electron chi connectivity index (χ0n) is 14.5. The zero-order valence-corrected chi connectivity index (χ0v) is 14.5. The van der Waals surface area contributed by atoms with Gasteiger partial charge in [0.2, 0.25) is 0 Å². The van der Waals surface area contributed by atoms with Crippen molar-refractivity contribution >= 4 is 5.78 Å². The van der Waals surface area contributed by atoms with Crippen LogP contribution in [0, 0.1) is 0 Å². The smallest absolute Gasteiger partial charge is 0.174 e. The van der Waals surface area contributed by atoms with E-state index in [1.165, 1.54) is 0 Å². The molecular weight excluding hydrogens is 318 g/mol. The Morgan fingerprint density at radius 1 is 1.44 bits per heavy atom. The van der Waals surface area contributed by atoms with Crippen molar-refractivity contribution in [1.82, 2.24) is 0 Å². The maximum atomic E-state index is 12.7. The molecule has 5 atom stereocenters. The Bertz CT molecular complexity index is 820. The molecule has 2 heterocycles. The average Bonchev–Trinajstić information content (AvgIpc) is 2.91. The molecule has 5 heteroatoms. The number of piperidine rings is 1. The first-order valence-corrected chi connectivity index (χ1v) is 9.09. The molecule has 25 heavy (non-hydrogen) atoms. The molecule has 1 spiro atoms. The fraction of sp³-hybridized carbons (Fsp3) is 0.550. The summed E-state index contributed by atoms with van der Waals surface area (Å²) in [6, 6.07) is 3.33. The van der Waals surface area contributed by atoms with Crippen LogP contribution in [-0.2, 0) is 16.6 Å². The Balaban J connectivity index is 1.83. The van der Waals surface area contributed by atoms with E-state index in [0.717, 1.165) is 24.2 Å². The van der Waals surface area contributed by atoms with E-state index < -0.39 is 17.1 Å². The molecule has 0 aromatic heterocycles. The molecule has 4 aliphatic rings. The van der Waals surface area contributed by atoms with Crippen LogP contribution in [0.1, 0.15) is 30.4 Å². The van der Waals surface area contributed by atoms with E-state index in [9.17, 15) is 15.0 Å². The molecule has 132 valence electrons. The number of aliphatic hydroxyl groups is 1. The molecule has 1 saturated carbocycles. The number of likely N-dealkylation sites (tertiary alicyclic amines) is 1. The summed E-state index contributed by atoms with van der Waals surface area (Å²) in [4.78, 5) is 12.7. The van der Waals surface area contributed by atoms with Gasteiger partial charge in [-0.2, -0.15) is 0 Å². The van der Waals surface area contributed by atoms with Gasteiger partial charge in [0.1, 0.15) is 23.1 Å². The van der Waals surface area contributed by atoms with Crippen LogP contribution in [0.2, 0.25) is 0 Å². The van der Waals surface area contributed by atoms with Crippen molar-refractivity contribution in [3.8, 4) is 11.5 Å². The Morgan fingerprint density at radius 2 is 2.24 bits per heavy atom. The van der Waals surface area contributed by atoms with Crippen LogP contribution in [-0.4, -0.2) is 58.4 Å². The molecule has 2 fully saturated rings. The number of aromatic hydroxyl groups is 1. The summed E-state index contributed by atoms with van der Waals surface area (Å²) in [5.74, 6) is 0.996. The maximum Gasteiger partial charge on any atom is 0.174 e. The first kappa shape index (κ1) is 15.4. The first-order valence-electron chi connectivity index (χ1n) is 9.09. The van der Waals surface area contributed by atoms with Crippen molar-refractivity contribution in [3.05, 3.63) is 35.9 Å². The lowest BCUT2D eigenvalue weighted by Gasteiger charge is -2.64. The second-order valence-corrected chi connectivity index (χ2v) is 8.44. The van der Waals surface area contributed by atoms with Crippen molar-refractivity contribution in [2.75, 3.05) is 20.1 Å². The maximum absolute atomic E-state index is 12.7. The molecule has 0 radical (unpaired) electrons. The third kappa shape index (κ3) is 1.51. The van der Waals surface area contributed by atoms with Crippen LogP contribution in [0.15, 0.2) is 24.8 Å². The van der Waals surface area contributed by atoms with Crippen molar-refractivity contribution in [2.24, 2.45) is 0 Å². The van der Waals surface area contributed by atoms with E-state index in [2.05, 4.69) is 13.6 Å². The summed E-state index contributed by atoms with van der Waals surface area (Å²) in [6.07, 6.45) is 3.39. The summed E-state index contributed by atoms with van der Waals surface area (Å²) < 4.78 is 6.78. The topological polar surface area (TPSA) is 66.8 Å². The number of ether oxygens (including phenoxy) is 1. The van der Waals surface area contributed by atoms with Crippen molar-refractivity contribution < 1.29 is 24.2 Å². The number of likely N-dealkylation sites (N-methyl/N-ethyl adjacent to an activating group) is 1. The number of benzene rings is 1. The highest BCUT2D eigenvalue weighted by Gasteiger charge is 2.76. The molecule has 2 N–H and O–H groups in total. The highest BCUT2D eigenvalue weighted by molar-refractivity contribution is 5.89. The van der Waals surface area contributed by atoms with E-state index in [-0.39, 0.29) is 17.6 Å². The number of carbonyl (C=O) groups is 1. The van der Waals surface area contributed by atoms with Gasteiger partial charge in [-0.25, -0.2) is 0 Å². The molecule has 5 rings (SSSR count). The van der Waals surface area contributed by atoms with Crippen LogP contribution in [0.5, 0.6) is 11.5 Å². The predicted molar refractivity (Wildman–Crippen MR) is 91.6 cm³/mol. The third-order valence-corrected chi connectivity index (χ3v) is 7.47. The monoisotopic (exact) mass is 342 g/mol. The Labute approximate surface area is 147 Å². The van der Waals surface area contributed by atoms with Crippen LogP contribution in [0.4, 0.5) is 0 Å². The molecule has 5 nitrogen and oxygen atoms in total. The fourth-order valence-electron chi connectivity index (χ4n) is 6.36. The minimum absolute atomic E-state index is 0.0757. The molecule has 3 unspecified atom stereocenters. The SMILES string of the molecule is C=CC[N@+]1(C)CC[C@@]23c4c5ccc(O)c4CC1C2(O)CCC(=O)C3O5. The minimum Gasteiger partial charge on any atom is -0.508 e. The number of nitrogens with zero attached hydrogens (tertiary/aromatic N) is 1. The van der Waals surface area contributed by atoms with Gasteiger partial charge in [-0.15, -0.1) is 0 Å².